The first-order chi connectivity index (χ1) is 11.7. The maximum absolute atomic E-state index is 5.41. The molecule has 0 amide bonds. The molecule has 0 aliphatic heterocycles. The second-order valence-electron chi connectivity index (χ2n) is 5.76. The first-order valence-electron chi connectivity index (χ1n) is 7.72. The van der Waals surface area contributed by atoms with Gasteiger partial charge in [-0.05, 0) is 36.2 Å². The molecule has 3 aromatic rings. The number of aromatic amines is 1. The fourth-order valence-corrected chi connectivity index (χ4v) is 3.08. The summed E-state index contributed by atoms with van der Waals surface area (Å²) in [7, 11) is 3.29. The number of aromatic nitrogens is 3. The summed E-state index contributed by atoms with van der Waals surface area (Å²) in [5.41, 5.74) is 5.51. The van der Waals surface area contributed by atoms with Crippen molar-refractivity contribution in [1.29, 1.82) is 0 Å². The molecule has 122 valence electrons. The molecule has 0 bridgehead atoms. The third kappa shape index (κ3) is 2.19. The van der Waals surface area contributed by atoms with Crippen molar-refractivity contribution in [1.82, 2.24) is 15.2 Å². The lowest BCUT2D eigenvalue weighted by Gasteiger charge is -2.10. The van der Waals surface area contributed by atoms with Crippen LogP contribution in [0.2, 0.25) is 0 Å². The van der Waals surface area contributed by atoms with Crippen molar-refractivity contribution in [3.63, 3.8) is 0 Å². The number of nitrogens with zero attached hydrogens (tertiary/aromatic N) is 2. The Balaban J connectivity index is 1.73. The molecule has 2 heterocycles. The van der Waals surface area contributed by atoms with Gasteiger partial charge < -0.3 is 14.8 Å². The van der Waals surface area contributed by atoms with Crippen molar-refractivity contribution in [2.24, 2.45) is 0 Å². The zero-order chi connectivity index (χ0) is 16.7. The van der Waals surface area contributed by atoms with E-state index in [0.29, 0.717) is 5.75 Å². The van der Waals surface area contributed by atoms with Crippen LogP contribution in [-0.4, -0.2) is 29.4 Å². The van der Waals surface area contributed by atoms with Gasteiger partial charge >= 0.3 is 0 Å². The van der Waals surface area contributed by atoms with Crippen molar-refractivity contribution in [2.75, 3.05) is 19.5 Å². The van der Waals surface area contributed by atoms with Gasteiger partial charge in [-0.25, -0.2) is 4.98 Å². The highest BCUT2D eigenvalue weighted by Crippen LogP contribution is 2.44. The molecular weight excluding hydrogens is 304 g/mol. The van der Waals surface area contributed by atoms with Crippen molar-refractivity contribution < 1.29 is 9.47 Å². The minimum Gasteiger partial charge on any atom is -0.493 e. The number of hydrogen-bond donors (Lipinski definition) is 2. The minimum atomic E-state index is 0.716. The molecule has 0 unspecified atom stereocenters. The van der Waals surface area contributed by atoms with Crippen LogP contribution in [0.5, 0.6) is 11.5 Å². The predicted octanol–water partition coefficient (Wildman–Crippen LogP) is 3.45. The molecule has 2 aromatic heterocycles. The smallest absolute Gasteiger partial charge is 0.161 e. The quantitative estimate of drug-likeness (QED) is 0.602. The molecule has 1 aliphatic carbocycles. The maximum atomic E-state index is 5.41. The highest BCUT2D eigenvalue weighted by molar-refractivity contribution is 5.81. The maximum Gasteiger partial charge on any atom is 0.161 e. The third-order valence-corrected chi connectivity index (χ3v) is 4.36. The van der Waals surface area contributed by atoms with E-state index in [1.807, 2.05) is 31.2 Å². The summed E-state index contributed by atoms with van der Waals surface area (Å²) < 4.78 is 10.8. The van der Waals surface area contributed by atoms with E-state index in [2.05, 4.69) is 20.5 Å². The topological polar surface area (TPSA) is 72.1 Å². The lowest BCUT2D eigenvalue weighted by atomic mass is 10.1. The van der Waals surface area contributed by atoms with Gasteiger partial charge in [-0.1, -0.05) is 6.07 Å². The Labute approximate surface area is 139 Å². The zero-order valence-corrected chi connectivity index (χ0v) is 13.8. The van der Waals surface area contributed by atoms with Gasteiger partial charge in [0.1, 0.15) is 5.82 Å². The van der Waals surface area contributed by atoms with Crippen molar-refractivity contribution in [3.05, 3.63) is 47.2 Å². The Morgan fingerprint density at radius 1 is 1.12 bits per heavy atom. The van der Waals surface area contributed by atoms with E-state index in [0.717, 1.165) is 46.2 Å². The number of fused-ring (bicyclic) bond motifs is 3. The van der Waals surface area contributed by atoms with Crippen LogP contribution in [0.3, 0.4) is 0 Å². The summed E-state index contributed by atoms with van der Waals surface area (Å²) in [6.45, 7) is 2.02. The summed E-state index contributed by atoms with van der Waals surface area (Å²) >= 11 is 0. The van der Waals surface area contributed by atoms with Crippen molar-refractivity contribution in [3.8, 4) is 22.8 Å². The fraction of sp³-hybridized carbons (Fsp3) is 0.222. The predicted molar refractivity (Wildman–Crippen MR) is 92.2 cm³/mol. The van der Waals surface area contributed by atoms with Crippen LogP contribution < -0.4 is 14.8 Å². The number of benzene rings is 1. The average Bonchev–Trinajstić information content (AvgIpc) is 3.15. The van der Waals surface area contributed by atoms with Gasteiger partial charge in [-0.15, -0.1) is 0 Å². The lowest BCUT2D eigenvalue weighted by Crippen LogP contribution is -1.99. The van der Waals surface area contributed by atoms with Crippen LogP contribution in [0.15, 0.2) is 30.5 Å². The van der Waals surface area contributed by atoms with Crippen LogP contribution >= 0.6 is 0 Å². The first kappa shape index (κ1) is 14.6. The van der Waals surface area contributed by atoms with Gasteiger partial charge in [0.2, 0.25) is 0 Å². The molecule has 24 heavy (non-hydrogen) atoms. The molecule has 2 N–H and O–H groups in total. The summed E-state index contributed by atoms with van der Waals surface area (Å²) in [6, 6.07) is 7.96. The number of hydrogen-bond acceptors (Lipinski definition) is 5. The van der Waals surface area contributed by atoms with Gasteiger partial charge in [-0.2, -0.15) is 5.10 Å². The Morgan fingerprint density at radius 3 is 2.67 bits per heavy atom. The summed E-state index contributed by atoms with van der Waals surface area (Å²) in [5, 5.41) is 10.9. The second kappa shape index (κ2) is 5.56. The van der Waals surface area contributed by atoms with Crippen LogP contribution in [0.1, 0.15) is 16.7 Å². The van der Waals surface area contributed by atoms with Crippen LogP contribution in [-0.2, 0) is 6.42 Å². The normalized spacial score (nSPS) is 11.8. The van der Waals surface area contributed by atoms with E-state index >= 15 is 0 Å². The molecule has 0 fully saturated rings. The molecular formula is C18H18N4O2. The van der Waals surface area contributed by atoms with Crippen molar-refractivity contribution in [2.45, 2.75) is 13.3 Å². The summed E-state index contributed by atoms with van der Waals surface area (Å²) in [5.74, 6) is 3.08. The van der Waals surface area contributed by atoms with Crippen molar-refractivity contribution >= 4 is 11.6 Å². The highest BCUT2D eigenvalue weighted by Gasteiger charge is 2.27. The molecule has 6 nitrogen and oxygen atoms in total. The van der Waals surface area contributed by atoms with Gasteiger partial charge in [0.05, 0.1) is 19.9 Å². The van der Waals surface area contributed by atoms with E-state index in [1.54, 1.807) is 20.4 Å². The number of anilines is 2. The van der Waals surface area contributed by atoms with E-state index < -0.39 is 0 Å². The number of pyridine rings is 1. The number of nitrogens with one attached hydrogen (secondary N) is 2. The van der Waals surface area contributed by atoms with Gasteiger partial charge in [-0.3, -0.25) is 5.10 Å². The van der Waals surface area contributed by atoms with Gasteiger partial charge in [0.25, 0.3) is 0 Å². The zero-order valence-electron chi connectivity index (χ0n) is 13.8. The number of methoxy groups -OCH3 is 2. The number of H-pyrrole nitrogens is 1. The number of aryl methyl sites for hydroxylation is 1. The lowest BCUT2D eigenvalue weighted by molar-refractivity contribution is 0.355. The Bertz CT molecular complexity index is 917. The number of ether oxygens (including phenoxy) is 2. The Hall–Kier alpha value is -3.02. The first-order valence-corrected chi connectivity index (χ1v) is 7.72. The third-order valence-electron chi connectivity index (χ3n) is 4.36. The second-order valence-corrected chi connectivity index (χ2v) is 5.76. The molecule has 6 heteroatoms. The van der Waals surface area contributed by atoms with E-state index in [1.165, 1.54) is 5.56 Å². The van der Waals surface area contributed by atoms with Crippen LogP contribution in [0.4, 0.5) is 11.6 Å². The fourth-order valence-electron chi connectivity index (χ4n) is 3.08. The highest BCUT2D eigenvalue weighted by atomic mass is 16.5. The van der Waals surface area contributed by atoms with E-state index in [-0.39, 0.29) is 0 Å². The molecule has 0 radical (unpaired) electrons. The summed E-state index contributed by atoms with van der Waals surface area (Å²) in [6.07, 6.45) is 2.56. The molecule has 0 spiro atoms. The van der Waals surface area contributed by atoms with Crippen LogP contribution in [0.25, 0.3) is 11.3 Å². The molecule has 1 aliphatic rings. The molecule has 0 atom stereocenters. The SMILES string of the molecule is COc1cc2c(cc1OC)-c1[nH]nc(Nc3ncccc3C)c1C2. The number of rotatable bonds is 4. The van der Waals surface area contributed by atoms with Gasteiger partial charge in [0, 0.05) is 23.7 Å². The Morgan fingerprint density at radius 2 is 1.92 bits per heavy atom. The van der Waals surface area contributed by atoms with Crippen LogP contribution in [0, 0.1) is 6.92 Å². The van der Waals surface area contributed by atoms with Gasteiger partial charge in [0.15, 0.2) is 17.3 Å². The average molecular weight is 322 g/mol. The van der Waals surface area contributed by atoms with E-state index in [9.17, 15) is 0 Å². The van der Waals surface area contributed by atoms with E-state index in [4.69, 9.17) is 9.47 Å². The monoisotopic (exact) mass is 322 g/mol. The molecule has 4 rings (SSSR count). The molecule has 0 saturated heterocycles. The standard InChI is InChI=1S/C18H18N4O2/c1-10-5-4-6-19-17(10)20-18-13-7-11-8-14(23-2)15(24-3)9-12(11)16(13)21-22-18/h4-6,8-9H,7H2,1-3H3,(H2,19,20,21,22). The Kier molecular flexibility index (Phi) is 3.37. The largest absolute Gasteiger partial charge is 0.493 e. The minimum absolute atomic E-state index is 0.716. The molecule has 1 aromatic carbocycles. The summed E-state index contributed by atoms with van der Waals surface area (Å²) in [4.78, 5) is 4.38. The molecule has 0 saturated carbocycles.